The highest BCUT2D eigenvalue weighted by Gasteiger charge is 2.44. The van der Waals surface area contributed by atoms with Gasteiger partial charge in [0.25, 0.3) is 0 Å². The van der Waals surface area contributed by atoms with Crippen LogP contribution in [0, 0.1) is 5.82 Å². The van der Waals surface area contributed by atoms with Gasteiger partial charge in [0, 0.05) is 40.9 Å². The average Bonchev–Trinajstić information content (AvgIpc) is 3.35. The number of methoxy groups -OCH3 is 1. The Balaban J connectivity index is 1.85. The molecule has 2 aromatic rings. The van der Waals surface area contributed by atoms with Crippen molar-refractivity contribution in [1.82, 2.24) is 15.2 Å². The number of amidine groups is 1. The molecule has 0 amide bonds. The van der Waals surface area contributed by atoms with E-state index in [9.17, 15) is 19.1 Å². The number of nitrogens with one attached hydrogen (secondary N) is 1. The van der Waals surface area contributed by atoms with Gasteiger partial charge in [-0.25, -0.2) is 14.2 Å². The van der Waals surface area contributed by atoms with E-state index in [0.717, 1.165) is 6.07 Å². The standard InChI is InChI=1S/C22H22ClFN4O5S/c1-22(21(30)31)11-33-7-6-28(22)10-15-16(20(29)32-2)17(13-4-3-12(23)9-14(13)24)27-18(26-15)19-25-5-8-34-19/h3-5,8-9,17H,6-7,10-11H2,1-2H3,(H,26,27)(H,30,31)/t17-,22-/m0/s1. The molecule has 0 aliphatic carbocycles. The lowest BCUT2D eigenvalue weighted by Gasteiger charge is -2.42. The molecular weight excluding hydrogens is 487 g/mol. The van der Waals surface area contributed by atoms with Gasteiger partial charge in [0.05, 0.1) is 25.9 Å². The van der Waals surface area contributed by atoms with Gasteiger partial charge in [-0.3, -0.25) is 14.7 Å². The zero-order chi connectivity index (χ0) is 24.5. The Morgan fingerprint density at radius 1 is 1.47 bits per heavy atom. The first-order chi connectivity index (χ1) is 16.2. The largest absolute Gasteiger partial charge is 0.480 e. The molecule has 0 unspecified atom stereocenters. The molecule has 3 heterocycles. The quantitative estimate of drug-likeness (QED) is 0.572. The van der Waals surface area contributed by atoms with E-state index >= 15 is 0 Å². The maximum Gasteiger partial charge on any atom is 0.338 e. The van der Waals surface area contributed by atoms with E-state index in [-0.39, 0.29) is 29.3 Å². The summed E-state index contributed by atoms with van der Waals surface area (Å²) in [4.78, 5) is 35.6. The number of hydrogen-bond donors (Lipinski definition) is 2. The predicted octanol–water partition coefficient (Wildman–Crippen LogP) is 2.63. The van der Waals surface area contributed by atoms with Crippen LogP contribution in [0.25, 0.3) is 0 Å². The summed E-state index contributed by atoms with van der Waals surface area (Å²) in [5.41, 5.74) is -0.782. The van der Waals surface area contributed by atoms with Gasteiger partial charge in [-0.05, 0) is 19.1 Å². The number of aromatic nitrogens is 1. The van der Waals surface area contributed by atoms with Gasteiger partial charge in [0.2, 0.25) is 0 Å². The molecule has 1 aromatic heterocycles. The second-order valence-electron chi connectivity index (χ2n) is 7.95. The number of benzene rings is 1. The van der Waals surface area contributed by atoms with Crippen LogP contribution in [-0.4, -0.2) is 71.7 Å². The monoisotopic (exact) mass is 508 g/mol. The predicted molar refractivity (Wildman–Crippen MR) is 123 cm³/mol. The summed E-state index contributed by atoms with van der Waals surface area (Å²) in [6.45, 7) is 2.21. The molecule has 180 valence electrons. The molecule has 2 N–H and O–H groups in total. The van der Waals surface area contributed by atoms with Gasteiger partial charge in [-0.1, -0.05) is 17.7 Å². The lowest BCUT2D eigenvalue weighted by Crippen LogP contribution is -2.61. The van der Waals surface area contributed by atoms with Crippen LogP contribution in [0.2, 0.25) is 5.02 Å². The lowest BCUT2D eigenvalue weighted by molar-refractivity contribution is -0.161. The first kappa shape index (κ1) is 24.3. The Morgan fingerprint density at radius 2 is 2.26 bits per heavy atom. The van der Waals surface area contributed by atoms with E-state index in [0.29, 0.717) is 29.7 Å². The van der Waals surface area contributed by atoms with Gasteiger partial charge in [-0.15, -0.1) is 11.3 Å². The number of nitrogens with zero attached hydrogens (tertiary/aromatic N) is 3. The molecule has 1 aromatic carbocycles. The van der Waals surface area contributed by atoms with E-state index in [1.807, 2.05) is 0 Å². The van der Waals surface area contributed by atoms with Crippen LogP contribution in [0.5, 0.6) is 0 Å². The number of thiazole rings is 1. The third-order valence-electron chi connectivity index (χ3n) is 5.82. The summed E-state index contributed by atoms with van der Waals surface area (Å²) in [7, 11) is 1.22. The summed E-state index contributed by atoms with van der Waals surface area (Å²) in [6, 6.07) is 3.07. The fourth-order valence-electron chi connectivity index (χ4n) is 3.89. The molecule has 2 aliphatic rings. The molecule has 2 aliphatic heterocycles. The van der Waals surface area contributed by atoms with Crippen molar-refractivity contribution >= 4 is 40.7 Å². The minimum atomic E-state index is -1.33. The zero-order valence-corrected chi connectivity index (χ0v) is 20.0. The second-order valence-corrected chi connectivity index (χ2v) is 9.28. The summed E-state index contributed by atoms with van der Waals surface area (Å²) >= 11 is 7.25. The Hall–Kier alpha value is -2.86. The Kier molecular flexibility index (Phi) is 6.99. The number of carboxylic acid groups (broad SMARTS) is 1. The number of ether oxygens (including phenoxy) is 2. The van der Waals surface area contributed by atoms with Crippen LogP contribution >= 0.6 is 22.9 Å². The maximum atomic E-state index is 15.0. The lowest BCUT2D eigenvalue weighted by atomic mass is 9.93. The summed E-state index contributed by atoms with van der Waals surface area (Å²) < 4.78 is 25.4. The number of hydrogen-bond acceptors (Lipinski definition) is 9. The van der Waals surface area contributed by atoms with Crippen LogP contribution in [0.1, 0.15) is 23.5 Å². The summed E-state index contributed by atoms with van der Waals surface area (Å²) in [5, 5.41) is 15.5. The third-order valence-corrected chi connectivity index (χ3v) is 6.83. The van der Waals surface area contributed by atoms with Crippen molar-refractivity contribution in [3.63, 3.8) is 0 Å². The summed E-state index contributed by atoms with van der Waals surface area (Å²) in [6.07, 6.45) is 1.60. The highest BCUT2D eigenvalue weighted by atomic mass is 35.5. The highest BCUT2D eigenvalue weighted by Crippen LogP contribution is 2.36. The van der Waals surface area contributed by atoms with Crippen molar-refractivity contribution in [2.24, 2.45) is 4.99 Å². The van der Waals surface area contributed by atoms with E-state index in [4.69, 9.17) is 21.1 Å². The van der Waals surface area contributed by atoms with Crippen LogP contribution in [0.4, 0.5) is 4.39 Å². The van der Waals surface area contributed by atoms with Crippen LogP contribution < -0.4 is 5.32 Å². The normalized spacial score (nSPS) is 23.3. The molecule has 4 rings (SSSR count). The molecule has 0 saturated carbocycles. The smallest absolute Gasteiger partial charge is 0.338 e. The minimum Gasteiger partial charge on any atom is -0.480 e. The third kappa shape index (κ3) is 4.56. The topological polar surface area (TPSA) is 113 Å². The molecule has 1 saturated heterocycles. The first-order valence-corrected chi connectivity index (χ1v) is 11.6. The van der Waals surface area contributed by atoms with Gasteiger partial charge in [0.1, 0.15) is 17.4 Å². The van der Waals surface area contributed by atoms with Gasteiger partial charge in [-0.2, -0.15) is 0 Å². The van der Waals surface area contributed by atoms with Crippen LogP contribution in [0.3, 0.4) is 0 Å². The van der Waals surface area contributed by atoms with Gasteiger partial charge >= 0.3 is 11.9 Å². The van der Waals surface area contributed by atoms with E-state index in [2.05, 4.69) is 15.3 Å². The zero-order valence-electron chi connectivity index (χ0n) is 18.4. The highest BCUT2D eigenvalue weighted by molar-refractivity contribution is 7.11. The number of carbonyl (C=O) groups is 2. The van der Waals surface area contributed by atoms with Crippen LogP contribution in [0.15, 0.2) is 46.0 Å². The number of morpholine rings is 1. The average molecular weight is 509 g/mol. The van der Waals surface area contributed by atoms with Crippen LogP contribution in [-0.2, 0) is 19.1 Å². The fourth-order valence-corrected chi connectivity index (χ4v) is 4.64. The van der Waals surface area contributed by atoms with Gasteiger partial charge < -0.3 is 19.9 Å². The van der Waals surface area contributed by atoms with E-state index in [1.165, 1.54) is 30.6 Å². The Morgan fingerprint density at radius 3 is 2.91 bits per heavy atom. The van der Waals surface area contributed by atoms with Gasteiger partial charge in [0.15, 0.2) is 10.8 Å². The van der Waals surface area contributed by atoms with E-state index in [1.54, 1.807) is 23.4 Å². The molecule has 0 spiro atoms. The molecule has 34 heavy (non-hydrogen) atoms. The first-order valence-electron chi connectivity index (χ1n) is 10.3. The maximum absolute atomic E-state index is 15.0. The molecule has 9 nitrogen and oxygen atoms in total. The SMILES string of the molecule is COC(=O)C1=C(CN2CCOC[C@@]2(C)C(=O)O)NC(c2nccs2)=N[C@H]1c1ccc(Cl)cc1F. The molecule has 12 heteroatoms. The number of esters is 1. The molecule has 2 atom stereocenters. The van der Waals surface area contributed by atoms with E-state index < -0.39 is 29.3 Å². The second kappa shape index (κ2) is 9.79. The van der Waals surface area contributed by atoms with Crippen molar-refractivity contribution in [2.75, 3.05) is 33.4 Å². The fraction of sp³-hybridized carbons (Fsp3) is 0.364. The number of aliphatic imine (C=N–C) groups is 1. The van der Waals surface area contributed by atoms with Crippen molar-refractivity contribution in [3.8, 4) is 0 Å². The molecular formula is C22H22ClFN4O5S. The van der Waals surface area contributed by atoms with Crippen molar-refractivity contribution in [2.45, 2.75) is 18.5 Å². The molecule has 0 radical (unpaired) electrons. The number of rotatable bonds is 6. The molecule has 1 fully saturated rings. The van der Waals surface area contributed by atoms with Crippen molar-refractivity contribution in [1.29, 1.82) is 0 Å². The number of carbonyl (C=O) groups excluding carboxylic acids is 1. The van der Waals surface area contributed by atoms with Crippen molar-refractivity contribution < 1.29 is 28.6 Å². The Bertz CT molecular complexity index is 1170. The summed E-state index contributed by atoms with van der Waals surface area (Å²) in [5.74, 6) is -2.07. The minimum absolute atomic E-state index is 0.0220. The van der Waals surface area contributed by atoms with Crippen molar-refractivity contribution in [3.05, 3.63) is 62.5 Å². The Labute approximate surface area is 203 Å². The number of aliphatic carboxylic acids is 1. The number of carboxylic acids is 1. The number of halogens is 2. The molecule has 0 bridgehead atoms.